The molecular formula is C13H9Cl2F3N2. The number of nitrogens with one attached hydrogen (secondary N) is 1. The van der Waals surface area contributed by atoms with Gasteiger partial charge in [0.1, 0.15) is 0 Å². The van der Waals surface area contributed by atoms with Gasteiger partial charge >= 0.3 is 6.18 Å². The number of para-hydroxylation sites is 1. The molecule has 2 rings (SSSR count). The summed E-state index contributed by atoms with van der Waals surface area (Å²) in [4.78, 5) is 0. The summed E-state index contributed by atoms with van der Waals surface area (Å²) in [6, 6.07) is 7.85. The van der Waals surface area contributed by atoms with Crippen molar-refractivity contribution < 1.29 is 13.2 Å². The summed E-state index contributed by atoms with van der Waals surface area (Å²) >= 11 is 11.6. The third-order valence-corrected chi connectivity index (χ3v) is 3.32. The Labute approximate surface area is 123 Å². The first-order chi connectivity index (χ1) is 9.29. The summed E-state index contributed by atoms with van der Waals surface area (Å²) in [5, 5.41) is 3.06. The Balaban J connectivity index is 2.43. The number of hydrogen-bond acceptors (Lipinski definition) is 2. The van der Waals surface area contributed by atoms with Crippen LogP contribution in [0.2, 0.25) is 10.0 Å². The van der Waals surface area contributed by atoms with E-state index in [2.05, 4.69) is 5.32 Å². The Morgan fingerprint density at radius 3 is 2.20 bits per heavy atom. The molecule has 0 fully saturated rings. The highest BCUT2D eigenvalue weighted by molar-refractivity contribution is 6.42. The lowest BCUT2D eigenvalue weighted by atomic mass is 10.1. The van der Waals surface area contributed by atoms with Crippen LogP contribution in [0.25, 0.3) is 0 Å². The predicted molar refractivity (Wildman–Crippen MR) is 75.6 cm³/mol. The summed E-state index contributed by atoms with van der Waals surface area (Å²) in [6.07, 6.45) is -4.46. The smallest absolute Gasteiger partial charge is 0.397 e. The van der Waals surface area contributed by atoms with Gasteiger partial charge in [-0.05, 0) is 24.3 Å². The van der Waals surface area contributed by atoms with Gasteiger partial charge in [-0.3, -0.25) is 0 Å². The van der Waals surface area contributed by atoms with Crippen LogP contribution in [0.5, 0.6) is 0 Å². The predicted octanol–water partition coefficient (Wildman–Crippen LogP) is 5.34. The summed E-state index contributed by atoms with van der Waals surface area (Å²) < 4.78 is 38.6. The van der Waals surface area contributed by atoms with Crippen LogP contribution >= 0.6 is 23.2 Å². The molecule has 0 aliphatic carbocycles. The molecule has 0 amide bonds. The van der Waals surface area contributed by atoms with E-state index >= 15 is 0 Å². The Bertz CT molecular complexity index is 642. The maximum atomic E-state index is 12.9. The molecule has 0 saturated carbocycles. The molecule has 2 nitrogen and oxygen atoms in total. The van der Waals surface area contributed by atoms with Crippen LogP contribution in [-0.4, -0.2) is 0 Å². The highest BCUT2D eigenvalue weighted by Crippen LogP contribution is 2.38. The molecule has 0 aliphatic rings. The summed E-state index contributed by atoms with van der Waals surface area (Å²) in [7, 11) is 0. The van der Waals surface area contributed by atoms with Crippen LogP contribution in [0.1, 0.15) is 5.56 Å². The first-order valence-electron chi connectivity index (χ1n) is 5.47. The summed E-state index contributed by atoms with van der Waals surface area (Å²) in [6.45, 7) is 0. The number of halogens is 5. The quantitative estimate of drug-likeness (QED) is 0.733. The Kier molecular flexibility index (Phi) is 4.01. The number of nitrogen functional groups attached to an aromatic ring is 1. The standard InChI is InChI=1S/C13H9Cl2F3N2/c14-8-5-10(19)12(6-9(8)15)20-11-4-2-1-3-7(11)13(16,17)18/h1-6,20H,19H2. The molecule has 0 bridgehead atoms. The van der Waals surface area contributed by atoms with Crippen molar-refractivity contribution in [1.29, 1.82) is 0 Å². The third kappa shape index (κ3) is 3.11. The van der Waals surface area contributed by atoms with E-state index in [4.69, 9.17) is 28.9 Å². The van der Waals surface area contributed by atoms with Crippen molar-refractivity contribution in [3.8, 4) is 0 Å². The van der Waals surface area contributed by atoms with Gasteiger partial charge in [-0.15, -0.1) is 0 Å². The number of alkyl halides is 3. The molecule has 3 N–H and O–H groups in total. The van der Waals surface area contributed by atoms with Gasteiger partial charge in [0.25, 0.3) is 0 Å². The lowest BCUT2D eigenvalue weighted by molar-refractivity contribution is -0.136. The van der Waals surface area contributed by atoms with Gasteiger partial charge in [-0.2, -0.15) is 13.2 Å². The number of benzene rings is 2. The van der Waals surface area contributed by atoms with Crippen LogP contribution in [0.15, 0.2) is 36.4 Å². The fourth-order valence-corrected chi connectivity index (χ4v) is 1.99. The molecule has 0 unspecified atom stereocenters. The molecule has 0 aromatic heterocycles. The fraction of sp³-hybridized carbons (Fsp3) is 0.0769. The first kappa shape index (κ1) is 14.8. The number of nitrogens with two attached hydrogens (primary N) is 1. The normalized spacial score (nSPS) is 11.4. The Morgan fingerprint density at radius 1 is 0.950 bits per heavy atom. The number of rotatable bonds is 2. The van der Waals surface area contributed by atoms with Gasteiger partial charge in [0.15, 0.2) is 0 Å². The minimum absolute atomic E-state index is 0.106. The molecule has 0 spiro atoms. The largest absolute Gasteiger partial charge is 0.418 e. The second-order valence-electron chi connectivity index (χ2n) is 4.02. The van der Waals surface area contributed by atoms with Crippen molar-refractivity contribution >= 4 is 40.3 Å². The minimum atomic E-state index is -4.46. The van der Waals surface area contributed by atoms with Crippen molar-refractivity contribution in [2.75, 3.05) is 11.1 Å². The zero-order valence-corrected chi connectivity index (χ0v) is 11.4. The van der Waals surface area contributed by atoms with Gasteiger partial charge in [-0.25, -0.2) is 0 Å². The van der Waals surface area contributed by atoms with E-state index < -0.39 is 11.7 Å². The van der Waals surface area contributed by atoms with Gasteiger partial charge < -0.3 is 11.1 Å². The van der Waals surface area contributed by atoms with E-state index in [1.165, 1.54) is 30.3 Å². The average molecular weight is 321 g/mol. The fourth-order valence-electron chi connectivity index (χ4n) is 1.65. The van der Waals surface area contributed by atoms with Crippen molar-refractivity contribution in [3.63, 3.8) is 0 Å². The van der Waals surface area contributed by atoms with Crippen molar-refractivity contribution in [3.05, 3.63) is 52.0 Å². The first-order valence-corrected chi connectivity index (χ1v) is 6.22. The third-order valence-electron chi connectivity index (χ3n) is 2.59. The molecule has 0 atom stereocenters. The highest BCUT2D eigenvalue weighted by atomic mass is 35.5. The summed E-state index contributed by atoms with van der Waals surface area (Å²) in [5.41, 5.74) is 5.28. The molecular weight excluding hydrogens is 312 g/mol. The van der Waals surface area contributed by atoms with Crippen molar-refractivity contribution in [2.24, 2.45) is 0 Å². The van der Waals surface area contributed by atoms with Gasteiger partial charge in [0.2, 0.25) is 0 Å². The summed E-state index contributed by atoms with van der Waals surface area (Å²) in [5.74, 6) is 0. The van der Waals surface area contributed by atoms with Crippen LogP contribution in [0.4, 0.5) is 30.2 Å². The van der Waals surface area contributed by atoms with Crippen molar-refractivity contribution in [1.82, 2.24) is 0 Å². The van der Waals surface area contributed by atoms with E-state index in [1.807, 2.05) is 0 Å². The van der Waals surface area contributed by atoms with Crippen LogP contribution < -0.4 is 11.1 Å². The molecule has 0 radical (unpaired) electrons. The number of anilines is 3. The maximum Gasteiger partial charge on any atom is 0.418 e. The Morgan fingerprint density at radius 2 is 1.55 bits per heavy atom. The topological polar surface area (TPSA) is 38.0 Å². The van der Waals surface area contributed by atoms with Crippen LogP contribution in [0, 0.1) is 0 Å². The van der Waals surface area contributed by atoms with E-state index in [0.29, 0.717) is 0 Å². The second-order valence-corrected chi connectivity index (χ2v) is 4.84. The zero-order chi connectivity index (χ0) is 14.9. The van der Waals surface area contributed by atoms with Crippen LogP contribution in [0.3, 0.4) is 0 Å². The van der Waals surface area contributed by atoms with E-state index in [-0.39, 0.29) is 27.1 Å². The molecule has 20 heavy (non-hydrogen) atoms. The average Bonchev–Trinajstić information content (AvgIpc) is 2.35. The molecule has 0 aliphatic heterocycles. The lowest BCUT2D eigenvalue weighted by Crippen LogP contribution is -2.09. The molecule has 7 heteroatoms. The Hall–Kier alpha value is -1.59. The van der Waals surface area contributed by atoms with E-state index in [9.17, 15) is 13.2 Å². The van der Waals surface area contributed by atoms with Crippen LogP contribution in [-0.2, 0) is 6.18 Å². The maximum absolute atomic E-state index is 12.9. The molecule has 2 aromatic rings. The molecule has 0 heterocycles. The monoisotopic (exact) mass is 320 g/mol. The second kappa shape index (κ2) is 5.42. The minimum Gasteiger partial charge on any atom is -0.397 e. The SMILES string of the molecule is Nc1cc(Cl)c(Cl)cc1Nc1ccccc1C(F)(F)F. The number of hydrogen-bond donors (Lipinski definition) is 2. The van der Waals surface area contributed by atoms with Gasteiger partial charge in [0, 0.05) is 0 Å². The van der Waals surface area contributed by atoms with Crippen molar-refractivity contribution in [2.45, 2.75) is 6.18 Å². The van der Waals surface area contributed by atoms with Gasteiger partial charge in [0.05, 0.1) is 32.7 Å². The molecule has 106 valence electrons. The zero-order valence-electron chi connectivity index (χ0n) is 9.93. The van der Waals surface area contributed by atoms with E-state index in [1.54, 1.807) is 0 Å². The van der Waals surface area contributed by atoms with Gasteiger partial charge in [-0.1, -0.05) is 35.3 Å². The molecule has 2 aromatic carbocycles. The van der Waals surface area contributed by atoms with E-state index in [0.717, 1.165) is 6.07 Å². The molecule has 0 saturated heterocycles. The lowest BCUT2D eigenvalue weighted by Gasteiger charge is -2.16. The highest BCUT2D eigenvalue weighted by Gasteiger charge is 2.33.